The Balaban J connectivity index is 1.64. The predicted octanol–water partition coefficient (Wildman–Crippen LogP) is 4.09. The maximum atomic E-state index is 13.8. The van der Waals surface area contributed by atoms with E-state index < -0.39 is 5.41 Å². The third-order valence-corrected chi connectivity index (χ3v) is 6.52. The minimum atomic E-state index is -0.641. The largest absolute Gasteiger partial charge is 0.343 e. The fourth-order valence-electron chi connectivity index (χ4n) is 4.74. The van der Waals surface area contributed by atoms with Gasteiger partial charge in [-0.3, -0.25) is 19.6 Å². The molecule has 1 aliphatic rings. The van der Waals surface area contributed by atoms with Gasteiger partial charge >= 0.3 is 0 Å². The highest BCUT2D eigenvalue weighted by molar-refractivity contribution is 5.95. The Bertz CT molecular complexity index is 1100. The minimum Gasteiger partial charge on any atom is -0.343 e. The first-order valence-electron chi connectivity index (χ1n) is 11.5. The SMILES string of the molecule is CCN(CC)C(=O)[C@@]1(Cc2cccc(-c3cccnc3)c2)CCN(C(=O)c2cccnc2)C1. The van der Waals surface area contributed by atoms with Gasteiger partial charge < -0.3 is 9.80 Å². The molecule has 0 aliphatic carbocycles. The molecule has 1 atom stereocenters. The highest BCUT2D eigenvalue weighted by Crippen LogP contribution is 2.37. The first-order chi connectivity index (χ1) is 16.1. The molecule has 6 nitrogen and oxygen atoms in total. The van der Waals surface area contributed by atoms with Crippen molar-refractivity contribution in [2.45, 2.75) is 26.7 Å². The lowest BCUT2D eigenvalue weighted by molar-refractivity contribution is -0.141. The molecule has 0 bridgehead atoms. The molecular weight excluding hydrogens is 412 g/mol. The lowest BCUT2D eigenvalue weighted by Gasteiger charge is -2.34. The molecule has 0 saturated carbocycles. The molecule has 1 fully saturated rings. The number of hydrogen-bond acceptors (Lipinski definition) is 4. The van der Waals surface area contributed by atoms with Crippen LogP contribution >= 0.6 is 0 Å². The van der Waals surface area contributed by atoms with Gasteiger partial charge in [0.1, 0.15) is 0 Å². The zero-order chi connectivity index (χ0) is 23.3. The number of carbonyl (C=O) groups excluding carboxylic acids is 2. The van der Waals surface area contributed by atoms with E-state index in [4.69, 9.17) is 0 Å². The maximum absolute atomic E-state index is 13.8. The summed E-state index contributed by atoms with van der Waals surface area (Å²) in [6, 6.07) is 15.8. The number of amides is 2. The van der Waals surface area contributed by atoms with Crippen LogP contribution in [0.15, 0.2) is 73.3 Å². The summed E-state index contributed by atoms with van der Waals surface area (Å²) in [6.45, 7) is 6.29. The van der Waals surface area contributed by atoms with Crippen LogP contribution in [0, 0.1) is 5.41 Å². The molecule has 0 spiro atoms. The predicted molar refractivity (Wildman–Crippen MR) is 128 cm³/mol. The number of carbonyl (C=O) groups is 2. The Morgan fingerprint density at radius 2 is 1.70 bits per heavy atom. The number of aromatic nitrogens is 2. The number of likely N-dealkylation sites (tertiary alicyclic amines) is 1. The first kappa shape index (κ1) is 22.6. The summed E-state index contributed by atoms with van der Waals surface area (Å²) in [4.78, 5) is 38.9. The van der Waals surface area contributed by atoms with E-state index in [1.165, 1.54) is 0 Å². The monoisotopic (exact) mass is 442 g/mol. The smallest absolute Gasteiger partial charge is 0.255 e. The van der Waals surface area contributed by atoms with Crippen LogP contribution in [0.4, 0.5) is 0 Å². The summed E-state index contributed by atoms with van der Waals surface area (Å²) >= 11 is 0. The normalized spacial score (nSPS) is 17.7. The molecule has 0 N–H and O–H groups in total. The lowest BCUT2D eigenvalue weighted by atomic mass is 9.79. The summed E-state index contributed by atoms with van der Waals surface area (Å²) < 4.78 is 0. The van der Waals surface area contributed by atoms with Gasteiger partial charge in [0.25, 0.3) is 5.91 Å². The topological polar surface area (TPSA) is 66.4 Å². The molecular formula is C27H30N4O2. The van der Waals surface area contributed by atoms with Crippen LogP contribution < -0.4 is 0 Å². The number of nitrogens with zero attached hydrogens (tertiary/aromatic N) is 4. The second-order valence-electron chi connectivity index (χ2n) is 8.60. The van der Waals surface area contributed by atoms with Gasteiger partial charge in [-0.15, -0.1) is 0 Å². The van der Waals surface area contributed by atoms with Crippen LogP contribution in [-0.4, -0.2) is 57.8 Å². The summed E-state index contributed by atoms with van der Waals surface area (Å²) in [5, 5.41) is 0. The molecule has 0 unspecified atom stereocenters. The van der Waals surface area contributed by atoms with E-state index >= 15 is 0 Å². The van der Waals surface area contributed by atoms with Gasteiger partial charge in [-0.05, 0) is 61.6 Å². The van der Waals surface area contributed by atoms with E-state index in [9.17, 15) is 9.59 Å². The van der Waals surface area contributed by atoms with Gasteiger partial charge in [-0.1, -0.05) is 30.3 Å². The van der Waals surface area contributed by atoms with Gasteiger partial charge in [0, 0.05) is 51.0 Å². The van der Waals surface area contributed by atoms with Crippen LogP contribution in [0.1, 0.15) is 36.2 Å². The van der Waals surface area contributed by atoms with Gasteiger partial charge in [-0.25, -0.2) is 0 Å². The van der Waals surface area contributed by atoms with Crippen molar-refractivity contribution in [2.75, 3.05) is 26.2 Å². The van der Waals surface area contributed by atoms with Gasteiger partial charge in [0.05, 0.1) is 11.0 Å². The van der Waals surface area contributed by atoms with E-state index in [0.717, 1.165) is 16.7 Å². The molecule has 4 rings (SSSR count). The second kappa shape index (κ2) is 9.94. The van der Waals surface area contributed by atoms with Gasteiger partial charge in [0.15, 0.2) is 0 Å². The second-order valence-corrected chi connectivity index (χ2v) is 8.60. The summed E-state index contributed by atoms with van der Waals surface area (Å²) in [5.74, 6) is 0.0576. The molecule has 2 aromatic heterocycles. The molecule has 0 radical (unpaired) electrons. The van der Waals surface area contributed by atoms with Gasteiger partial charge in [0.2, 0.25) is 5.91 Å². The molecule has 3 aromatic rings. The van der Waals surface area contributed by atoms with E-state index in [1.54, 1.807) is 30.7 Å². The zero-order valence-electron chi connectivity index (χ0n) is 19.3. The molecule has 2 amide bonds. The standard InChI is InChI=1S/C27H30N4O2/c1-3-30(4-2)26(33)27(12-15-31(20-27)25(32)24-11-7-14-29-19-24)17-21-8-5-9-22(16-21)23-10-6-13-28-18-23/h5-11,13-14,16,18-19H,3-4,12,15,17,20H2,1-2H3/t27-/m1/s1. The highest BCUT2D eigenvalue weighted by atomic mass is 16.2. The first-order valence-corrected chi connectivity index (χ1v) is 11.5. The average molecular weight is 443 g/mol. The molecule has 33 heavy (non-hydrogen) atoms. The van der Waals surface area contributed by atoms with Crippen LogP contribution in [0.3, 0.4) is 0 Å². The van der Waals surface area contributed by atoms with Crippen LogP contribution in [-0.2, 0) is 11.2 Å². The van der Waals surface area contributed by atoms with E-state index in [0.29, 0.717) is 44.6 Å². The fourth-order valence-corrected chi connectivity index (χ4v) is 4.74. The van der Waals surface area contributed by atoms with E-state index in [2.05, 4.69) is 28.2 Å². The fraction of sp³-hybridized carbons (Fsp3) is 0.333. The summed E-state index contributed by atoms with van der Waals surface area (Å²) in [6.07, 6.45) is 8.09. The lowest BCUT2D eigenvalue weighted by Crippen LogP contribution is -2.47. The average Bonchev–Trinajstić information content (AvgIpc) is 3.30. The molecule has 1 aliphatic heterocycles. The third kappa shape index (κ3) is 4.80. The third-order valence-electron chi connectivity index (χ3n) is 6.52. The Morgan fingerprint density at radius 1 is 0.970 bits per heavy atom. The van der Waals surface area contributed by atoms with Crippen LogP contribution in [0.25, 0.3) is 11.1 Å². The Hall–Kier alpha value is -3.54. The van der Waals surface area contributed by atoms with Crippen molar-refractivity contribution < 1.29 is 9.59 Å². The Labute approximate surface area is 195 Å². The summed E-state index contributed by atoms with van der Waals surface area (Å²) in [5.41, 5.74) is 3.13. The van der Waals surface area contributed by atoms with Crippen molar-refractivity contribution in [3.63, 3.8) is 0 Å². The van der Waals surface area contributed by atoms with Crippen LogP contribution in [0.5, 0.6) is 0 Å². The number of rotatable bonds is 7. The number of benzene rings is 1. The van der Waals surface area contributed by atoms with Crippen molar-refractivity contribution in [1.29, 1.82) is 0 Å². The van der Waals surface area contributed by atoms with Crippen molar-refractivity contribution in [3.8, 4) is 11.1 Å². The Morgan fingerprint density at radius 3 is 2.36 bits per heavy atom. The van der Waals surface area contributed by atoms with Crippen molar-refractivity contribution in [2.24, 2.45) is 5.41 Å². The molecule has 170 valence electrons. The molecule has 1 aromatic carbocycles. The summed E-state index contributed by atoms with van der Waals surface area (Å²) in [7, 11) is 0. The number of hydrogen-bond donors (Lipinski definition) is 0. The van der Waals surface area contributed by atoms with Crippen molar-refractivity contribution >= 4 is 11.8 Å². The molecule has 6 heteroatoms. The highest BCUT2D eigenvalue weighted by Gasteiger charge is 2.47. The van der Waals surface area contributed by atoms with Crippen LogP contribution in [0.2, 0.25) is 0 Å². The molecule has 1 saturated heterocycles. The minimum absolute atomic E-state index is 0.0681. The number of pyridine rings is 2. The van der Waals surface area contributed by atoms with E-state index in [1.807, 2.05) is 48.0 Å². The molecule has 3 heterocycles. The Kier molecular flexibility index (Phi) is 6.82. The van der Waals surface area contributed by atoms with Gasteiger partial charge in [-0.2, -0.15) is 0 Å². The van der Waals surface area contributed by atoms with Crippen molar-refractivity contribution in [1.82, 2.24) is 19.8 Å². The maximum Gasteiger partial charge on any atom is 0.255 e. The van der Waals surface area contributed by atoms with E-state index in [-0.39, 0.29) is 11.8 Å². The quantitative estimate of drug-likeness (QED) is 0.553. The van der Waals surface area contributed by atoms with Crippen molar-refractivity contribution in [3.05, 3.63) is 84.4 Å². The zero-order valence-corrected chi connectivity index (χ0v) is 19.3.